The summed E-state index contributed by atoms with van der Waals surface area (Å²) in [5, 5.41) is 76.8. The first kappa shape index (κ1) is 18.9. The monoisotopic (exact) mass is 342 g/mol. The summed E-state index contributed by atoms with van der Waals surface area (Å²) in [6.45, 7) is -1.34. The van der Waals surface area contributed by atoms with Gasteiger partial charge in [-0.2, -0.15) is 0 Å². The fourth-order valence-electron chi connectivity index (χ4n) is 2.56. The molecule has 11 nitrogen and oxygen atoms in total. The van der Waals surface area contributed by atoms with Gasteiger partial charge in [0.1, 0.15) is 48.8 Å². The summed E-state index contributed by atoms with van der Waals surface area (Å²) in [6.07, 6.45) is -15.7. The Hall–Kier alpha value is -0.440. The van der Waals surface area contributed by atoms with Crippen LogP contribution in [0.25, 0.3) is 0 Å². The van der Waals surface area contributed by atoms with Crippen molar-refractivity contribution in [2.75, 3.05) is 13.2 Å². The molecule has 0 saturated carbocycles. The number of ether oxygens (including phenoxy) is 3. The quantitative estimate of drug-likeness (QED) is 0.243. The van der Waals surface area contributed by atoms with Crippen LogP contribution in [0.4, 0.5) is 0 Å². The lowest BCUT2D eigenvalue weighted by Crippen LogP contribution is -2.64. The Morgan fingerprint density at radius 2 is 1.22 bits per heavy atom. The van der Waals surface area contributed by atoms with Crippen molar-refractivity contribution >= 4 is 0 Å². The van der Waals surface area contributed by atoms with Crippen LogP contribution in [0, 0.1) is 0 Å². The predicted octanol–water partition coefficient (Wildman–Crippen LogP) is -5.40. The van der Waals surface area contributed by atoms with E-state index in [0.29, 0.717) is 0 Å². The van der Waals surface area contributed by atoms with Gasteiger partial charge in [0, 0.05) is 0 Å². The second kappa shape index (κ2) is 7.63. The molecule has 0 radical (unpaired) electrons. The Balaban J connectivity index is 2.11. The molecule has 10 atom stereocenters. The van der Waals surface area contributed by atoms with Gasteiger partial charge < -0.3 is 55.1 Å². The molecular weight excluding hydrogens is 320 g/mol. The van der Waals surface area contributed by atoms with Gasteiger partial charge in [0.2, 0.25) is 0 Å². The lowest BCUT2D eigenvalue weighted by atomic mass is 9.97. The molecular formula is C12H22O11. The van der Waals surface area contributed by atoms with E-state index in [1.165, 1.54) is 0 Å². The number of aliphatic hydroxyl groups is 8. The van der Waals surface area contributed by atoms with Crippen molar-refractivity contribution in [2.45, 2.75) is 61.4 Å². The second-order valence-corrected chi connectivity index (χ2v) is 5.53. The summed E-state index contributed by atoms with van der Waals surface area (Å²) in [6, 6.07) is 0. The smallest absolute Gasteiger partial charge is 0.187 e. The highest BCUT2D eigenvalue weighted by Crippen LogP contribution is 2.28. The van der Waals surface area contributed by atoms with Crippen molar-refractivity contribution in [3.63, 3.8) is 0 Å². The summed E-state index contributed by atoms with van der Waals surface area (Å²) >= 11 is 0. The fraction of sp³-hybridized carbons (Fsp3) is 1.00. The minimum Gasteiger partial charge on any atom is -0.394 e. The minimum atomic E-state index is -1.76. The molecule has 2 heterocycles. The lowest BCUT2D eigenvalue weighted by Gasteiger charge is -2.45. The minimum absolute atomic E-state index is 0.667. The standard InChI is InChI=1S/C12H22O11/c13-1-3-5(15)7(17)8(18)12(22-3)23-10-6(16)4(2-14)21-11(20)9(10)19/h3-20H,1-2H2/t3-,4-,5-,6-,7+,8-,9+,10+,11-,12+/m1/s1. The van der Waals surface area contributed by atoms with Gasteiger partial charge in [-0.3, -0.25) is 0 Å². The topological polar surface area (TPSA) is 190 Å². The molecule has 23 heavy (non-hydrogen) atoms. The van der Waals surface area contributed by atoms with E-state index < -0.39 is 74.6 Å². The number of aliphatic hydroxyl groups excluding tert-OH is 8. The maximum atomic E-state index is 10.00. The van der Waals surface area contributed by atoms with Crippen LogP contribution in [0.15, 0.2) is 0 Å². The first-order chi connectivity index (χ1) is 10.8. The molecule has 0 aromatic heterocycles. The van der Waals surface area contributed by atoms with Crippen LogP contribution in [0.1, 0.15) is 0 Å². The fourth-order valence-corrected chi connectivity index (χ4v) is 2.56. The van der Waals surface area contributed by atoms with Crippen molar-refractivity contribution < 1.29 is 55.1 Å². The number of hydrogen-bond acceptors (Lipinski definition) is 11. The number of hydrogen-bond donors (Lipinski definition) is 8. The Morgan fingerprint density at radius 3 is 1.78 bits per heavy atom. The third kappa shape index (κ3) is 3.65. The van der Waals surface area contributed by atoms with E-state index >= 15 is 0 Å². The third-order valence-corrected chi connectivity index (χ3v) is 3.98. The predicted molar refractivity (Wildman–Crippen MR) is 68.6 cm³/mol. The van der Waals surface area contributed by atoms with Gasteiger partial charge >= 0.3 is 0 Å². The molecule has 2 saturated heterocycles. The van der Waals surface area contributed by atoms with E-state index in [2.05, 4.69) is 0 Å². The SMILES string of the molecule is OC[C@H]1O[C@@H](O[C@@H]2[C@H](O)[C@H](O)O[C@H](CO)[C@H]2O)[C@H](O)[C@@H](O)[C@@H]1O. The molecule has 2 aliphatic rings. The summed E-state index contributed by atoms with van der Waals surface area (Å²) in [4.78, 5) is 0. The molecule has 0 spiro atoms. The van der Waals surface area contributed by atoms with Crippen LogP contribution in [-0.4, -0.2) is 115 Å². The van der Waals surface area contributed by atoms with E-state index in [0.717, 1.165) is 0 Å². The first-order valence-electron chi connectivity index (χ1n) is 7.08. The maximum absolute atomic E-state index is 10.00. The zero-order valence-corrected chi connectivity index (χ0v) is 12.0. The molecule has 0 aromatic rings. The molecule has 0 amide bonds. The third-order valence-electron chi connectivity index (χ3n) is 3.98. The highest BCUT2D eigenvalue weighted by Gasteiger charge is 2.50. The zero-order valence-electron chi connectivity index (χ0n) is 12.0. The van der Waals surface area contributed by atoms with Crippen LogP contribution in [-0.2, 0) is 14.2 Å². The van der Waals surface area contributed by atoms with Crippen LogP contribution in [0.5, 0.6) is 0 Å². The number of rotatable bonds is 4. The van der Waals surface area contributed by atoms with Gasteiger partial charge in [0.05, 0.1) is 13.2 Å². The second-order valence-electron chi connectivity index (χ2n) is 5.53. The van der Waals surface area contributed by atoms with Crippen molar-refractivity contribution in [3.05, 3.63) is 0 Å². The van der Waals surface area contributed by atoms with Crippen molar-refractivity contribution in [3.8, 4) is 0 Å². The van der Waals surface area contributed by atoms with Crippen LogP contribution in [0.2, 0.25) is 0 Å². The van der Waals surface area contributed by atoms with E-state index in [4.69, 9.17) is 24.4 Å². The summed E-state index contributed by atoms with van der Waals surface area (Å²) in [5.41, 5.74) is 0. The molecule has 2 fully saturated rings. The van der Waals surface area contributed by atoms with E-state index in [1.54, 1.807) is 0 Å². The molecule has 0 unspecified atom stereocenters. The highest BCUT2D eigenvalue weighted by atomic mass is 16.7. The van der Waals surface area contributed by atoms with Crippen LogP contribution >= 0.6 is 0 Å². The van der Waals surface area contributed by atoms with Crippen LogP contribution in [0.3, 0.4) is 0 Å². The molecule has 2 aliphatic heterocycles. The molecule has 11 heteroatoms. The Morgan fingerprint density at radius 1 is 0.652 bits per heavy atom. The van der Waals surface area contributed by atoms with E-state index in [-0.39, 0.29) is 0 Å². The largest absolute Gasteiger partial charge is 0.394 e. The van der Waals surface area contributed by atoms with Crippen molar-refractivity contribution in [1.82, 2.24) is 0 Å². The van der Waals surface area contributed by atoms with Crippen molar-refractivity contribution in [1.29, 1.82) is 0 Å². The molecule has 0 aliphatic carbocycles. The first-order valence-corrected chi connectivity index (χ1v) is 7.08. The van der Waals surface area contributed by atoms with Crippen LogP contribution < -0.4 is 0 Å². The van der Waals surface area contributed by atoms with Crippen molar-refractivity contribution in [2.24, 2.45) is 0 Å². The molecule has 136 valence electrons. The zero-order chi connectivity index (χ0) is 17.3. The highest BCUT2D eigenvalue weighted by molar-refractivity contribution is 4.93. The van der Waals surface area contributed by atoms with Gasteiger partial charge in [-0.25, -0.2) is 0 Å². The Kier molecular flexibility index (Phi) is 6.27. The lowest BCUT2D eigenvalue weighted by molar-refractivity contribution is -0.355. The summed E-state index contributed by atoms with van der Waals surface area (Å²) < 4.78 is 15.1. The van der Waals surface area contributed by atoms with E-state index in [9.17, 15) is 30.6 Å². The molecule has 0 aromatic carbocycles. The van der Waals surface area contributed by atoms with Gasteiger partial charge in [0.15, 0.2) is 12.6 Å². The van der Waals surface area contributed by atoms with Gasteiger partial charge in [-0.1, -0.05) is 0 Å². The van der Waals surface area contributed by atoms with Gasteiger partial charge in [-0.15, -0.1) is 0 Å². The molecule has 8 N–H and O–H groups in total. The van der Waals surface area contributed by atoms with E-state index in [1.807, 2.05) is 0 Å². The van der Waals surface area contributed by atoms with Gasteiger partial charge in [-0.05, 0) is 0 Å². The maximum Gasteiger partial charge on any atom is 0.187 e. The van der Waals surface area contributed by atoms with Gasteiger partial charge in [0.25, 0.3) is 0 Å². The average molecular weight is 342 g/mol. The normalized spacial score (nSPS) is 51.7. The summed E-state index contributed by atoms with van der Waals surface area (Å²) in [7, 11) is 0. The average Bonchev–Trinajstić information content (AvgIpc) is 2.54. The molecule has 0 bridgehead atoms. The molecule has 2 rings (SSSR count). The summed E-state index contributed by atoms with van der Waals surface area (Å²) in [5.74, 6) is 0. The Labute approximate surface area is 130 Å². The Bertz CT molecular complexity index is 380.